The highest BCUT2D eigenvalue weighted by atomic mass is 32.3. The van der Waals surface area contributed by atoms with Crippen molar-refractivity contribution in [2.24, 2.45) is 0 Å². The van der Waals surface area contributed by atoms with Crippen LogP contribution in [0, 0.1) is 0 Å². The van der Waals surface area contributed by atoms with E-state index >= 15 is 0 Å². The van der Waals surface area contributed by atoms with Gasteiger partial charge in [-0.1, -0.05) is 127 Å². The zero-order chi connectivity index (χ0) is 25.5. The van der Waals surface area contributed by atoms with Crippen LogP contribution >= 0.6 is 0 Å². The van der Waals surface area contributed by atoms with Gasteiger partial charge in [0, 0.05) is 5.56 Å². The predicted octanol–water partition coefficient (Wildman–Crippen LogP) is 7.62. The van der Waals surface area contributed by atoms with E-state index in [4.69, 9.17) is 0 Å². The molecule has 0 saturated heterocycles. The van der Waals surface area contributed by atoms with Crippen LogP contribution in [0.1, 0.15) is 115 Å². The molecule has 1 rings (SSSR count). The molecule has 0 aliphatic rings. The van der Waals surface area contributed by atoms with Crippen molar-refractivity contribution in [2.75, 3.05) is 27.7 Å². The molecule has 0 saturated carbocycles. The van der Waals surface area contributed by atoms with E-state index in [0.29, 0.717) is 0 Å². The fraction of sp³-hybridized carbons (Fsp3) is 0.786. The molecule has 6 heteroatoms. The minimum absolute atomic E-state index is 0.808. The number of hydrogen-bond donors (Lipinski definition) is 0. The largest absolute Gasteiger partial charge is 0.726 e. The van der Waals surface area contributed by atoms with Gasteiger partial charge in [0.25, 0.3) is 0 Å². The molecule has 0 N–H and O–H groups in total. The maximum absolute atomic E-state index is 9.22. The Labute approximate surface area is 211 Å². The van der Waals surface area contributed by atoms with Crippen LogP contribution < -0.4 is 0 Å². The first kappa shape index (κ1) is 33.0. The standard InChI is InChI=1S/C27H50N.CH4O4S/c1-4-5-6-7-8-9-10-11-12-13-14-15-16-17-18-22-25-28(2,3)26-27-23-20-19-21-24-27;1-5-6(2,3)4/h19-21,23-24H,4-18,22,25-26H2,1-3H3;1H3,(H,2,3,4)/q+1;/p-1. The van der Waals surface area contributed by atoms with Crippen molar-refractivity contribution in [1.82, 2.24) is 0 Å². The van der Waals surface area contributed by atoms with E-state index in [1.807, 2.05) is 0 Å². The van der Waals surface area contributed by atoms with Gasteiger partial charge in [-0.2, -0.15) is 0 Å². The van der Waals surface area contributed by atoms with E-state index in [9.17, 15) is 13.0 Å². The summed E-state index contributed by atoms with van der Waals surface area (Å²) in [7, 11) is 1.14. The number of rotatable bonds is 20. The molecule has 34 heavy (non-hydrogen) atoms. The monoisotopic (exact) mass is 499 g/mol. The lowest BCUT2D eigenvalue weighted by atomic mass is 10.0. The van der Waals surface area contributed by atoms with Crippen molar-refractivity contribution in [3.8, 4) is 0 Å². The Bertz CT molecular complexity index is 662. The number of nitrogens with zero attached hydrogens (tertiary/aromatic N) is 1. The van der Waals surface area contributed by atoms with Crippen molar-refractivity contribution in [1.29, 1.82) is 0 Å². The average Bonchev–Trinajstić information content (AvgIpc) is 2.79. The molecule has 0 amide bonds. The van der Waals surface area contributed by atoms with Crippen LogP contribution in [-0.2, 0) is 21.1 Å². The lowest BCUT2D eigenvalue weighted by Gasteiger charge is -2.30. The van der Waals surface area contributed by atoms with Crippen LogP contribution in [0.3, 0.4) is 0 Å². The predicted molar refractivity (Wildman–Crippen MR) is 143 cm³/mol. The summed E-state index contributed by atoms with van der Waals surface area (Å²) in [5, 5.41) is 0. The van der Waals surface area contributed by atoms with Gasteiger partial charge >= 0.3 is 0 Å². The third kappa shape index (κ3) is 24.2. The van der Waals surface area contributed by atoms with Gasteiger partial charge < -0.3 is 9.04 Å². The first-order chi connectivity index (χ1) is 16.2. The molecule has 0 bridgehead atoms. The lowest BCUT2D eigenvalue weighted by Crippen LogP contribution is -2.39. The molecule has 0 aromatic heterocycles. The van der Waals surface area contributed by atoms with Crippen LogP contribution in [0.4, 0.5) is 0 Å². The second-order valence-corrected chi connectivity index (χ2v) is 11.3. The number of unbranched alkanes of at least 4 members (excludes halogenated alkanes) is 15. The van der Waals surface area contributed by atoms with Gasteiger partial charge in [-0.05, 0) is 12.8 Å². The summed E-state index contributed by atoms with van der Waals surface area (Å²) in [4.78, 5) is 0. The van der Waals surface area contributed by atoms with Crippen LogP contribution in [-0.4, -0.2) is 45.2 Å². The molecule has 0 fully saturated rings. The average molecular weight is 500 g/mol. The van der Waals surface area contributed by atoms with Gasteiger partial charge in [0.05, 0.1) is 27.7 Å². The second kappa shape index (κ2) is 21.3. The summed E-state index contributed by atoms with van der Waals surface area (Å²) in [5.41, 5.74) is 1.46. The molecule has 200 valence electrons. The Morgan fingerprint density at radius 3 is 1.41 bits per heavy atom. The molecule has 0 atom stereocenters. The molecule has 1 aromatic carbocycles. The SMILES string of the molecule is CCCCCCCCCCCCCCCCCC[N+](C)(C)Cc1ccccc1.COS(=O)(=O)[O-]. The van der Waals surface area contributed by atoms with Gasteiger partial charge in [-0.25, -0.2) is 8.42 Å². The fourth-order valence-corrected chi connectivity index (χ4v) is 4.24. The second-order valence-electron chi connectivity index (χ2n) is 10.2. The van der Waals surface area contributed by atoms with Crippen LogP contribution in [0.5, 0.6) is 0 Å². The molecular weight excluding hydrogens is 446 g/mol. The van der Waals surface area contributed by atoms with Crippen molar-refractivity contribution in [2.45, 2.75) is 116 Å². The third-order valence-electron chi connectivity index (χ3n) is 6.27. The van der Waals surface area contributed by atoms with E-state index in [1.54, 1.807) is 0 Å². The maximum atomic E-state index is 9.22. The number of quaternary nitrogens is 1. The number of hydrogen-bond acceptors (Lipinski definition) is 4. The Hall–Kier alpha value is -0.950. The number of benzene rings is 1. The van der Waals surface area contributed by atoms with Gasteiger partial charge in [0.1, 0.15) is 6.54 Å². The normalized spacial score (nSPS) is 11.8. The van der Waals surface area contributed by atoms with E-state index in [1.165, 1.54) is 115 Å². The van der Waals surface area contributed by atoms with E-state index in [0.717, 1.165) is 18.1 Å². The minimum atomic E-state index is -4.41. The van der Waals surface area contributed by atoms with Gasteiger partial charge in [0.2, 0.25) is 10.4 Å². The maximum Gasteiger partial charge on any atom is 0.217 e. The van der Waals surface area contributed by atoms with E-state index < -0.39 is 10.4 Å². The third-order valence-corrected chi connectivity index (χ3v) is 6.68. The van der Waals surface area contributed by atoms with E-state index in [2.05, 4.69) is 55.5 Å². The van der Waals surface area contributed by atoms with Crippen LogP contribution in [0.25, 0.3) is 0 Å². The smallest absolute Gasteiger partial charge is 0.217 e. The van der Waals surface area contributed by atoms with Crippen molar-refractivity contribution in [3.63, 3.8) is 0 Å². The Kier molecular flexibility index (Phi) is 20.7. The summed E-state index contributed by atoms with van der Waals surface area (Å²) in [6.45, 7) is 4.75. The Balaban J connectivity index is 0.00000160. The van der Waals surface area contributed by atoms with Crippen molar-refractivity contribution in [3.05, 3.63) is 35.9 Å². The molecule has 0 unspecified atom stereocenters. The zero-order valence-electron chi connectivity index (χ0n) is 22.6. The molecule has 0 heterocycles. The van der Waals surface area contributed by atoms with Crippen molar-refractivity contribution >= 4 is 10.4 Å². The highest BCUT2D eigenvalue weighted by Crippen LogP contribution is 2.15. The summed E-state index contributed by atoms with van der Waals surface area (Å²) >= 11 is 0. The zero-order valence-corrected chi connectivity index (χ0v) is 23.4. The first-order valence-corrected chi connectivity index (χ1v) is 14.9. The summed E-state index contributed by atoms with van der Waals surface area (Å²) < 4.78 is 32.1. The molecule has 0 aliphatic heterocycles. The fourth-order valence-electron chi connectivity index (χ4n) is 4.24. The Morgan fingerprint density at radius 2 is 1.06 bits per heavy atom. The molecule has 5 nitrogen and oxygen atoms in total. The van der Waals surface area contributed by atoms with Gasteiger partial charge in [-0.15, -0.1) is 0 Å². The van der Waals surface area contributed by atoms with Crippen molar-refractivity contribution < 1.29 is 21.6 Å². The molecule has 0 aliphatic carbocycles. The van der Waals surface area contributed by atoms with E-state index in [-0.39, 0.29) is 0 Å². The Morgan fingerprint density at radius 1 is 0.706 bits per heavy atom. The van der Waals surface area contributed by atoms with Crippen LogP contribution in [0.2, 0.25) is 0 Å². The highest BCUT2D eigenvalue weighted by Gasteiger charge is 2.14. The summed E-state index contributed by atoms with van der Waals surface area (Å²) in [6.07, 6.45) is 23.2. The topological polar surface area (TPSA) is 66.4 Å². The van der Waals surface area contributed by atoms with Gasteiger partial charge in [-0.3, -0.25) is 4.18 Å². The first-order valence-electron chi connectivity index (χ1n) is 13.6. The molecule has 0 spiro atoms. The highest BCUT2D eigenvalue weighted by molar-refractivity contribution is 7.80. The van der Waals surface area contributed by atoms with Crippen LogP contribution in [0.15, 0.2) is 30.3 Å². The lowest BCUT2D eigenvalue weighted by molar-refractivity contribution is -0.903. The minimum Gasteiger partial charge on any atom is -0.726 e. The van der Waals surface area contributed by atoms with Gasteiger partial charge in [0.15, 0.2) is 0 Å². The molecular formula is C28H53NO4S. The molecule has 1 aromatic rings. The summed E-state index contributed by atoms with van der Waals surface area (Å²) in [6, 6.07) is 10.9. The quantitative estimate of drug-likeness (QED) is 0.0801. The summed E-state index contributed by atoms with van der Waals surface area (Å²) in [5.74, 6) is 0. The molecule has 0 radical (unpaired) electrons.